The highest BCUT2D eigenvalue weighted by molar-refractivity contribution is 7.13. The lowest BCUT2D eigenvalue weighted by Crippen LogP contribution is -2.08. The van der Waals surface area contributed by atoms with Gasteiger partial charge < -0.3 is 9.88 Å². The number of H-pyrrole nitrogens is 2. The Morgan fingerprint density at radius 1 is 1.03 bits per heavy atom. The van der Waals surface area contributed by atoms with Gasteiger partial charge in [-0.2, -0.15) is 5.10 Å². The van der Waals surface area contributed by atoms with Crippen LogP contribution in [-0.2, 0) is 0 Å². The summed E-state index contributed by atoms with van der Waals surface area (Å²) in [4.78, 5) is 23.9. The van der Waals surface area contributed by atoms with Crippen LogP contribution in [0.5, 0.6) is 0 Å². The summed E-state index contributed by atoms with van der Waals surface area (Å²) in [5, 5.41) is 9.38. The highest BCUT2D eigenvalue weighted by Gasteiger charge is 2.21. The first kappa shape index (κ1) is 19.5. The van der Waals surface area contributed by atoms with Gasteiger partial charge in [-0.05, 0) is 23.6 Å². The van der Waals surface area contributed by atoms with Crippen LogP contribution in [0.25, 0.3) is 55.3 Å². The Labute approximate surface area is 191 Å². The molecule has 6 aromatic rings. The molecule has 0 spiro atoms. The SMILES string of the molecule is CN(C)c1cncc(-c2cnc3n[nH]c(-c4nc5nccc(-c6cccs6)c5[nH]4)c3c2F)c1. The van der Waals surface area contributed by atoms with Crippen molar-refractivity contribution in [1.82, 2.24) is 35.1 Å². The maximum atomic E-state index is 15.8. The monoisotopic (exact) mass is 456 g/mol. The van der Waals surface area contributed by atoms with Gasteiger partial charge in [-0.1, -0.05) is 6.07 Å². The zero-order valence-corrected chi connectivity index (χ0v) is 18.5. The fraction of sp³-hybridized carbons (Fsp3) is 0.0870. The number of rotatable bonds is 4. The van der Waals surface area contributed by atoms with Crippen molar-refractivity contribution in [2.24, 2.45) is 0 Å². The molecule has 0 atom stereocenters. The van der Waals surface area contributed by atoms with Crippen molar-refractivity contribution in [1.29, 1.82) is 0 Å². The molecule has 0 bridgehead atoms. The minimum atomic E-state index is -0.437. The third-order valence-electron chi connectivity index (χ3n) is 5.49. The van der Waals surface area contributed by atoms with Crippen LogP contribution < -0.4 is 4.90 Å². The number of pyridine rings is 3. The van der Waals surface area contributed by atoms with Crippen molar-refractivity contribution >= 4 is 39.2 Å². The van der Waals surface area contributed by atoms with E-state index in [2.05, 4.69) is 35.1 Å². The van der Waals surface area contributed by atoms with Gasteiger partial charge in [0.25, 0.3) is 0 Å². The first-order valence-corrected chi connectivity index (χ1v) is 11.0. The number of nitrogens with one attached hydrogen (secondary N) is 2. The summed E-state index contributed by atoms with van der Waals surface area (Å²) in [6.45, 7) is 0. The van der Waals surface area contributed by atoms with E-state index in [4.69, 9.17) is 0 Å². The fourth-order valence-electron chi connectivity index (χ4n) is 3.81. The van der Waals surface area contributed by atoms with Gasteiger partial charge >= 0.3 is 0 Å². The molecule has 0 amide bonds. The predicted molar refractivity (Wildman–Crippen MR) is 128 cm³/mol. The zero-order valence-electron chi connectivity index (χ0n) is 17.7. The zero-order chi connectivity index (χ0) is 22.5. The van der Waals surface area contributed by atoms with Gasteiger partial charge in [0.2, 0.25) is 0 Å². The summed E-state index contributed by atoms with van der Waals surface area (Å²) in [5.41, 5.74) is 4.85. The molecule has 0 aliphatic heterocycles. The Kier molecular flexibility index (Phi) is 4.40. The smallest absolute Gasteiger partial charge is 0.184 e. The van der Waals surface area contributed by atoms with Crippen LogP contribution in [-0.4, -0.2) is 49.2 Å². The maximum Gasteiger partial charge on any atom is 0.184 e. The molecular weight excluding hydrogens is 439 g/mol. The normalized spacial score (nSPS) is 11.5. The molecule has 0 aromatic carbocycles. The topological polar surface area (TPSA) is 99.3 Å². The molecule has 0 aliphatic carbocycles. The molecule has 8 nitrogen and oxygen atoms in total. The molecule has 6 heterocycles. The minimum absolute atomic E-state index is 0.263. The van der Waals surface area contributed by atoms with Crippen LogP contribution in [0.3, 0.4) is 0 Å². The molecule has 0 saturated heterocycles. The predicted octanol–water partition coefficient (Wildman–Crippen LogP) is 4.89. The van der Waals surface area contributed by atoms with Crippen molar-refractivity contribution in [2.75, 3.05) is 19.0 Å². The van der Waals surface area contributed by atoms with E-state index in [0.717, 1.165) is 21.6 Å². The van der Waals surface area contributed by atoms with Crippen LogP contribution in [0.15, 0.2) is 54.4 Å². The summed E-state index contributed by atoms with van der Waals surface area (Å²) >= 11 is 1.63. The van der Waals surface area contributed by atoms with Gasteiger partial charge in [-0.3, -0.25) is 10.1 Å². The summed E-state index contributed by atoms with van der Waals surface area (Å²) in [7, 11) is 3.82. The average molecular weight is 457 g/mol. The minimum Gasteiger partial charge on any atom is -0.376 e. The second-order valence-corrected chi connectivity index (χ2v) is 8.68. The Morgan fingerprint density at radius 2 is 1.94 bits per heavy atom. The van der Waals surface area contributed by atoms with Crippen molar-refractivity contribution in [3.05, 3.63) is 60.3 Å². The number of hydrogen-bond donors (Lipinski definition) is 2. The van der Waals surface area contributed by atoms with Crippen molar-refractivity contribution < 1.29 is 4.39 Å². The Balaban J connectivity index is 1.53. The van der Waals surface area contributed by atoms with Gasteiger partial charge in [0.1, 0.15) is 11.5 Å². The number of nitrogens with zero attached hydrogens (tertiary/aromatic N) is 6. The molecule has 0 radical (unpaired) electrons. The Morgan fingerprint density at radius 3 is 2.76 bits per heavy atom. The number of halogens is 1. The first-order valence-electron chi connectivity index (χ1n) is 10.1. The number of imidazole rings is 1. The Bertz CT molecular complexity index is 1620. The van der Waals surface area contributed by atoms with Gasteiger partial charge in [-0.25, -0.2) is 19.3 Å². The van der Waals surface area contributed by atoms with E-state index in [0.29, 0.717) is 28.3 Å². The van der Waals surface area contributed by atoms with E-state index in [1.165, 1.54) is 6.20 Å². The number of aromatic amines is 2. The molecule has 10 heteroatoms. The Hall–Kier alpha value is -4.18. The van der Waals surface area contributed by atoms with Crippen LogP contribution >= 0.6 is 11.3 Å². The molecule has 6 rings (SSSR count). The van der Waals surface area contributed by atoms with Crippen LogP contribution in [0.4, 0.5) is 10.1 Å². The van der Waals surface area contributed by atoms with Crippen LogP contribution in [0.2, 0.25) is 0 Å². The largest absolute Gasteiger partial charge is 0.376 e. The highest BCUT2D eigenvalue weighted by atomic mass is 32.1. The van der Waals surface area contributed by atoms with Crippen molar-refractivity contribution in [2.45, 2.75) is 0 Å². The number of thiophene rings is 1. The van der Waals surface area contributed by atoms with E-state index in [1.54, 1.807) is 29.9 Å². The number of fused-ring (bicyclic) bond motifs is 2. The summed E-state index contributed by atoms with van der Waals surface area (Å²) in [6.07, 6.45) is 6.55. The highest BCUT2D eigenvalue weighted by Crippen LogP contribution is 2.35. The third kappa shape index (κ3) is 3.14. The van der Waals surface area contributed by atoms with Crippen molar-refractivity contribution in [3.63, 3.8) is 0 Å². The van der Waals surface area contributed by atoms with Gasteiger partial charge in [0, 0.05) is 54.3 Å². The van der Waals surface area contributed by atoms with E-state index in [1.807, 2.05) is 48.6 Å². The molecule has 0 fully saturated rings. The average Bonchev–Trinajstić information content (AvgIpc) is 3.58. The summed E-state index contributed by atoms with van der Waals surface area (Å²) in [5.74, 6) is 0.00961. The standard InChI is InChI=1S/C23H17FN8S/c1-32(2)13-8-12(9-25-10-13)15-11-27-21-17(18(15)24)20(30-31-21)23-28-19-14(16-4-3-7-33-16)5-6-26-22(19)29-23/h3-11H,1-2H3,(H,26,28,29)(H,27,30,31). The fourth-order valence-corrected chi connectivity index (χ4v) is 4.57. The molecule has 0 saturated carbocycles. The molecule has 162 valence electrons. The summed E-state index contributed by atoms with van der Waals surface area (Å²) in [6, 6.07) is 7.84. The van der Waals surface area contributed by atoms with E-state index < -0.39 is 5.82 Å². The van der Waals surface area contributed by atoms with Crippen LogP contribution in [0, 0.1) is 5.82 Å². The lowest BCUT2D eigenvalue weighted by molar-refractivity contribution is 0.642. The quantitative estimate of drug-likeness (QED) is 0.392. The molecule has 0 aliphatic rings. The second-order valence-electron chi connectivity index (χ2n) is 7.73. The number of hydrogen-bond acceptors (Lipinski definition) is 7. The molecule has 33 heavy (non-hydrogen) atoms. The number of anilines is 1. The lowest BCUT2D eigenvalue weighted by atomic mass is 10.1. The van der Waals surface area contributed by atoms with Gasteiger partial charge in [-0.15, -0.1) is 11.3 Å². The molecular formula is C23H17FN8S. The third-order valence-corrected chi connectivity index (χ3v) is 6.39. The lowest BCUT2D eigenvalue weighted by Gasteiger charge is -2.13. The summed E-state index contributed by atoms with van der Waals surface area (Å²) < 4.78 is 15.8. The molecule has 6 aromatic heterocycles. The van der Waals surface area contributed by atoms with Gasteiger partial charge in [0.05, 0.1) is 22.8 Å². The molecule has 0 unspecified atom stereocenters. The number of aromatic nitrogens is 7. The van der Waals surface area contributed by atoms with E-state index >= 15 is 4.39 Å². The van der Waals surface area contributed by atoms with Crippen molar-refractivity contribution in [3.8, 4) is 33.1 Å². The first-order chi connectivity index (χ1) is 16.1. The van der Waals surface area contributed by atoms with E-state index in [9.17, 15) is 0 Å². The maximum absolute atomic E-state index is 15.8. The molecule has 2 N–H and O–H groups in total. The second kappa shape index (κ2) is 7.45. The van der Waals surface area contributed by atoms with Gasteiger partial charge in [0.15, 0.2) is 17.1 Å². The van der Waals surface area contributed by atoms with Crippen LogP contribution in [0.1, 0.15) is 0 Å². The van der Waals surface area contributed by atoms with E-state index in [-0.39, 0.29) is 11.0 Å².